The second kappa shape index (κ2) is 9.45. The summed E-state index contributed by atoms with van der Waals surface area (Å²) in [7, 11) is 1.79. The number of fused-ring (bicyclic) bond motifs is 1. The molecule has 0 aliphatic rings. The highest BCUT2D eigenvalue weighted by Gasteiger charge is 2.14. The summed E-state index contributed by atoms with van der Waals surface area (Å²) in [4.78, 5) is 31.2. The fourth-order valence-corrected chi connectivity index (χ4v) is 3.77. The Balaban J connectivity index is 1.53. The summed E-state index contributed by atoms with van der Waals surface area (Å²) in [5.41, 5.74) is 1.86. The van der Waals surface area contributed by atoms with Crippen LogP contribution in [0.1, 0.15) is 31.0 Å². The normalized spacial score (nSPS) is 10.9. The van der Waals surface area contributed by atoms with Crippen molar-refractivity contribution in [1.82, 2.24) is 19.9 Å². The molecule has 0 unspecified atom stereocenters. The number of benzene rings is 1. The molecule has 0 spiro atoms. The zero-order chi connectivity index (χ0) is 19.9. The molecule has 0 saturated carbocycles. The van der Waals surface area contributed by atoms with E-state index < -0.39 is 0 Å². The number of anilines is 1. The number of amides is 1. The SMILES string of the molecule is CCCc1cc(=O)n2nc(N(C)CC(=O)NCCCc3ccccc3)sc2n1. The van der Waals surface area contributed by atoms with E-state index in [2.05, 4.69) is 27.5 Å². The number of hydrogen-bond acceptors (Lipinski definition) is 6. The summed E-state index contributed by atoms with van der Waals surface area (Å²) in [6, 6.07) is 11.7. The standard InChI is InChI=1S/C20H25N5O2S/c1-3-8-16-13-18(27)25-19(22-16)28-20(23-25)24(2)14-17(26)21-12-7-11-15-9-5-4-6-10-15/h4-6,9-10,13H,3,7-8,11-12,14H2,1-2H3,(H,21,26). The number of nitrogens with one attached hydrogen (secondary N) is 1. The Hall–Kier alpha value is -2.74. The van der Waals surface area contributed by atoms with Crippen LogP contribution >= 0.6 is 11.3 Å². The van der Waals surface area contributed by atoms with Crippen LogP contribution in [0, 0.1) is 0 Å². The molecule has 0 fully saturated rings. The molecular formula is C20H25N5O2S. The molecule has 1 N–H and O–H groups in total. The maximum absolute atomic E-state index is 12.2. The smallest absolute Gasteiger partial charge is 0.275 e. The first kappa shape index (κ1) is 20.0. The minimum absolute atomic E-state index is 0.0678. The monoisotopic (exact) mass is 399 g/mol. The summed E-state index contributed by atoms with van der Waals surface area (Å²) in [5.74, 6) is -0.0678. The Labute approximate surface area is 168 Å². The Morgan fingerprint density at radius 2 is 2.04 bits per heavy atom. The van der Waals surface area contributed by atoms with Gasteiger partial charge in [0.2, 0.25) is 16.0 Å². The molecule has 0 aliphatic carbocycles. The van der Waals surface area contributed by atoms with E-state index in [1.54, 1.807) is 11.9 Å². The molecule has 2 aromatic heterocycles. The Morgan fingerprint density at radius 1 is 1.25 bits per heavy atom. The lowest BCUT2D eigenvalue weighted by molar-refractivity contribution is -0.119. The quantitative estimate of drug-likeness (QED) is 0.559. The zero-order valence-electron chi connectivity index (χ0n) is 16.2. The largest absolute Gasteiger partial charge is 0.355 e. The first-order valence-electron chi connectivity index (χ1n) is 9.48. The van der Waals surface area contributed by atoms with Crippen LogP contribution in [0.25, 0.3) is 4.96 Å². The van der Waals surface area contributed by atoms with Gasteiger partial charge in [0.25, 0.3) is 5.56 Å². The summed E-state index contributed by atoms with van der Waals surface area (Å²) in [5, 5.41) is 7.84. The first-order chi connectivity index (χ1) is 13.6. The third-order valence-corrected chi connectivity index (χ3v) is 5.33. The fourth-order valence-electron chi connectivity index (χ4n) is 2.89. The zero-order valence-corrected chi connectivity index (χ0v) is 17.0. The molecule has 3 rings (SSSR count). The second-order valence-electron chi connectivity index (χ2n) is 6.71. The van der Waals surface area contributed by atoms with Crippen molar-refractivity contribution in [2.75, 3.05) is 25.0 Å². The lowest BCUT2D eigenvalue weighted by atomic mass is 10.1. The van der Waals surface area contributed by atoms with Gasteiger partial charge in [-0.25, -0.2) is 4.98 Å². The van der Waals surface area contributed by atoms with Crippen LogP contribution in [0.3, 0.4) is 0 Å². The molecule has 7 nitrogen and oxygen atoms in total. The third kappa shape index (κ3) is 5.16. The topological polar surface area (TPSA) is 79.6 Å². The van der Waals surface area contributed by atoms with E-state index in [9.17, 15) is 9.59 Å². The lowest BCUT2D eigenvalue weighted by Gasteiger charge is -2.14. The highest BCUT2D eigenvalue weighted by molar-refractivity contribution is 7.20. The predicted octanol–water partition coefficient (Wildman–Crippen LogP) is 2.29. The molecule has 3 aromatic rings. The number of aromatic nitrogens is 3. The molecule has 1 aromatic carbocycles. The predicted molar refractivity (Wildman–Crippen MR) is 112 cm³/mol. The van der Waals surface area contributed by atoms with Crippen LogP contribution < -0.4 is 15.8 Å². The average Bonchev–Trinajstić information content (AvgIpc) is 3.11. The van der Waals surface area contributed by atoms with E-state index in [-0.39, 0.29) is 18.0 Å². The highest BCUT2D eigenvalue weighted by Crippen LogP contribution is 2.20. The molecule has 0 atom stereocenters. The minimum Gasteiger partial charge on any atom is -0.355 e. The number of aryl methyl sites for hydroxylation is 2. The number of likely N-dealkylation sites (N-methyl/N-ethyl adjacent to an activating group) is 1. The van der Waals surface area contributed by atoms with Crippen LogP contribution in [0.4, 0.5) is 5.13 Å². The number of carbonyl (C=O) groups is 1. The first-order valence-corrected chi connectivity index (χ1v) is 10.3. The van der Waals surface area contributed by atoms with Gasteiger partial charge >= 0.3 is 0 Å². The molecule has 8 heteroatoms. The Kier molecular flexibility index (Phi) is 6.76. The molecule has 148 valence electrons. The van der Waals surface area contributed by atoms with E-state index in [4.69, 9.17) is 0 Å². The van der Waals surface area contributed by atoms with Gasteiger partial charge in [0.15, 0.2) is 0 Å². The Morgan fingerprint density at radius 3 is 2.79 bits per heavy atom. The van der Waals surface area contributed by atoms with E-state index in [1.165, 1.54) is 27.5 Å². The summed E-state index contributed by atoms with van der Waals surface area (Å²) < 4.78 is 1.30. The van der Waals surface area contributed by atoms with Crippen molar-refractivity contribution in [3.63, 3.8) is 0 Å². The maximum atomic E-state index is 12.2. The van der Waals surface area contributed by atoms with Gasteiger partial charge < -0.3 is 10.2 Å². The highest BCUT2D eigenvalue weighted by atomic mass is 32.1. The van der Waals surface area contributed by atoms with Gasteiger partial charge in [-0.2, -0.15) is 4.52 Å². The third-order valence-electron chi connectivity index (χ3n) is 4.31. The van der Waals surface area contributed by atoms with Crippen LogP contribution in [-0.4, -0.2) is 40.6 Å². The maximum Gasteiger partial charge on any atom is 0.275 e. The van der Waals surface area contributed by atoms with Gasteiger partial charge in [-0.15, -0.1) is 5.10 Å². The number of nitrogens with zero attached hydrogens (tertiary/aromatic N) is 4. The minimum atomic E-state index is -0.185. The van der Waals surface area contributed by atoms with Crippen molar-refractivity contribution < 1.29 is 4.79 Å². The Bertz CT molecular complexity index is 983. The number of carbonyl (C=O) groups excluding carboxylic acids is 1. The van der Waals surface area contributed by atoms with E-state index in [1.807, 2.05) is 25.1 Å². The van der Waals surface area contributed by atoms with Crippen molar-refractivity contribution in [1.29, 1.82) is 0 Å². The molecule has 0 bridgehead atoms. The number of hydrogen-bond donors (Lipinski definition) is 1. The van der Waals surface area contributed by atoms with Gasteiger partial charge in [-0.05, 0) is 24.8 Å². The van der Waals surface area contributed by atoms with Gasteiger partial charge in [0.05, 0.1) is 6.54 Å². The molecule has 0 saturated heterocycles. The fraction of sp³-hybridized carbons (Fsp3) is 0.400. The van der Waals surface area contributed by atoms with E-state index in [0.717, 1.165) is 31.4 Å². The average molecular weight is 400 g/mol. The van der Waals surface area contributed by atoms with E-state index >= 15 is 0 Å². The number of rotatable bonds is 9. The van der Waals surface area contributed by atoms with Crippen LogP contribution in [0.5, 0.6) is 0 Å². The van der Waals surface area contributed by atoms with Crippen molar-refractivity contribution in [3.8, 4) is 0 Å². The van der Waals surface area contributed by atoms with Crippen LogP contribution in [0.2, 0.25) is 0 Å². The van der Waals surface area contributed by atoms with Crippen LogP contribution in [-0.2, 0) is 17.6 Å². The molecule has 1 amide bonds. The summed E-state index contributed by atoms with van der Waals surface area (Å²) in [6.07, 6.45) is 3.52. The van der Waals surface area contributed by atoms with Crippen LogP contribution in [0.15, 0.2) is 41.2 Å². The lowest BCUT2D eigenvalue weighted by Crippen LogP contribution is -2.35. The second-order valence-corrected chi connectivity index (χ2v) is 7.64. The van der Waals surface area contributed by atoms with Gasteiger partial charge in [-0.1, -0.05) is 55.0 Å². The van der Waals surface area contributed by atoms with Crippen molar-refractivity contribution in [2.24, 2.45) is 0 Å². The molecule has 0 aliphatic heterocycles. The van der Waals surface area contributed by atoms with Gasteiger partial charge in [-0.3, -0.25) is 9.59 Å². The molecule has 0 radical (unpaired) electrons. The molecule has 28 heavy (non-hydrogen) atoms. The van der Waals surface area contributed by atoms with E-state index in [0.29, 0.717) is 16.6 Å². The van der Waals surface area contributed by atoms with Crippen molar-refractivity contribution >= 4 is 27.3 Å². The molecular weight excluding hydrogens is 374 g/mol. The van der Waals surface area contributed by atoms with Crippen molar-refractivity contribution in [3.05, 3.63) is 58.0 Å². The van der Waals surface area contributed by atoms with Gasteiger partial charge in [0, 0.05) is 25.4 Å². The summed E-state index contributed by atoms with van der Waals surface area (Å²) >= 11 is 1.31. The van der Waals surface area contributed by atoms with Gasteiger partial charge in [0.1, 0.15) is 0 Å². The van der Waals surface area contributed by atoms with Crippen molar-refractivity contribution in [2.45, 2.75) is 32.6 Å². The molecule has 2 heterocycles. The summed E-state index contributed by atoms with van der Waals surface area (Å²) in [6.45, 7) is 2.86.